The molecule has 1 atom stereocenters. The van der Waals surface area contributed by atoms with Gasteiger partial charge in [0.1, 0.15) is 17.9 Å². The van der Waals surface area contributed by atoms with E-state index < -0.39 is 0 Å². The molecule has 3 rings (SSSR count). The average Bonchev–Trinajstić information content (AvgIpc) is 2.84. The molecule has 0 bridgehead atoms. The highest BCUT2D eigenvalue weighted by atomic mass is 16.5. The van der Waals surface area contributed by atoms with Crippen LogP contribution in [0.4, 0.5) is 11.5 Å². The molecular weight excluding hydrogens is 446 g/mol. The van der Waals surface area contributed by atoms with E-state index in [4.69, 9.17) is 9.47 Å². The summed E-state index contributed by atoms with van der Waals surface area (Å²) in [5, 5.41) is 7.04. The highest BCUT2D eigenvalue weighted by Crippen LogP contribution is 2.33. The van der Waals surface area contributed by atoms with Crippen LogP contribution in [0.1, 0.15) is 25.5 Å². The zero-order valence-corrected chi connectivity index (χ0v) is 20.4. The molecule has 9 heteroatoms. The fourth-order valence-electron chi connectivity index (χ4n) is 3.50. The van der Waals surface area contributed by atoms with E-state index in [1.54, 1.807) is 37.1 Å². The lowest BCUT2D eigenvalue weighted by molar-refractivity contribution is -0.143. The highest BCUT2D eigenvalue weighted by Gasteiger charge is 2.14. The molecule has 35 heavy (non-hydrogen) atoms. The van der Waals surface area contributed by atoms with Crippen LogP contribution in [0.2, 0.25) is 0 Å². The van der Waals surface area contributed by atoms with E-state index >= 15 is 0 Å². The van der Waals surface area contributed by atoms with Crippen molar-refractivity contribution in [3.8, 4) is 5.75 Å². The summed E-state index contributed by atoms with van der Waals surface area (Å²) in [6.45, 7) is 4.72. The van der Waals surface area contributed by atoms with Gasteiger partial charge in [0.15, 0.2) is 0 Å². The first-order valence-corrected chi connectivity index (χ1v) is 11.4. The van der Waals surface area contributed by atoms with Gasteiger partial charge in [0.25, 0.3) is 0 Å². The molecule has 0 saturated carbocycles. The van der Waals surface area contributed by atoms with E-state index in [9.17, 15) is 9.59 Å². The molecule has 0 aliphatic rings. The molecule has 2 aromatic carbocycles. The van der Waals surface area contributed by atoms with Gasteiger partial charge in [0.2, 0.25) is 5.91 Å². The lowest BCUT2D eigenvalue weighted by Gasteiger charge is -2.17. The number of carbonyl (C=O) groups excluding carboxylic acids is 2. The Morgan fingerprint density at radius 2 is 1.94 bits per heavy atom. The Labute approximate surface area is 205 Å². The number of hydrogen-bond donors (Lipinski definition) is 2. The highest BCUT2D eigenvalue weighted by molar-refractivity contribution is 6.03. The summed E-state index contributed by atoms with van der Waals surface area (Å²) >= 11 is 0. The van der Waals surface area contributed by atoms with Crippen molar-refractivity contribution in [3.63, 3.8) is 0 Å². The summed E-state index contributed by atoms with van der Waals surface area (Å²) in [7, 11) is 3.31. The van der Waals surface area contributed by atoms with E-state index in [1.165, 1.54) is 19.5 Å². The van der Waals surface area contributed by atoms with Crippen LogP contribution in [-0.4, -0.2) is 60.6 Å². The van der Waals surface area contributed by atoms with Crippen molar-refractivity contribution in [3.05, 3.63) is 66.5 Å². The molecular formula is C26H31N5O4. The Bertz CT molecular complexity index is 1180. The SMILES string of the molecule is CCOC(=O)CN(C)CC=CC(=O)Nc1cc2c(NC(C)c3ccccc3)ncnc2cc1OC. The first-order valence-electron chi connectivity index (χ1n) is 11.4. The molecule has 1 unspecified atom stereocenters. The predicted octanol–water partition coefficient (Wildman–Crippen LogP) is 3.80. The van der Waals surface area contributed by atoms with Gasteiger partial charge in [-0.3, -0.25) is 14.5 Å². The summed E-state index contributed by atoms with van der Waals surface area (Å²) in [6.07, 6.45) is 4.60. The third kappa shape index (κ3) is 7.25. The molecule has 0 radical (unpaired) electrons. The molecule has 1 aromatic heterocycles. The number of rotatable bonds is 11. The molecule has 2 N–H and O–H groups in total. The van der Waals surface area contributed by atoms with Crippen molar-refractivity contribution in [1.82, 2.24) is 14.9 Å². The Balaban J connectivity index is 1.74. The number of amides is 1. The lowest BCUT2D eigenvalue weighted by Crippen LogP contribution is -2.27. The number of anilines is 2. The van der Waals surface area contributed by atoms with Crippen molar-refractivity contribution in [2.45, 2.75) is 19.9 Å². The number of esters is 1. The maximum Gasteiger partial charge on any atom is 0.320 e. The largest absolute Gasteiger partial charge is 0.494 e. The van der Waals surface area contributed by atoms with Crippen LogP contribution in [0.3, 0.4) is 0 Å². The standard InChI is InChI=1S/C26H31N5O4/c1-5-35-25(33)16-31(3)13-9-12-24(32)30-22-14-20-21(15-23(22)34-4)27-17-28-26(20)29-18(2)19-10-7-6-8-11-19/h6-12,14-15,17-18H,5,13,16H2,1-4H3,(H,30,32)(H,27,28,29). The number of nitrogens with zero attached hydrogens (tertiary/aromatic N) is 3. The minimum absolute atomic E-state index is 0.0176. The minimum atomic E-state index is -0.323. The van der Waals surface area contributed by atoms with Gasteiger partial charge in [-0.25, -0.2) is 9.97 Å². The maximum atomic E-state index is 12.6. The number of nitrogens with one attached hydrogen (secondary N) is 2. The predicted molar refractivity (Wildman–Crippen MR) is 136 cm³/mol. The third-order valence-electron chi connectivity index (χ3n) is 5.26. The molecule has 1 amide bonds. The summed E-state index contributed by atoms with van der Waals surface area (Å²) in [5.41, 5.74) is 2.31. The summed E-state index contributed by atoms with van der Waals surface area (Å²) in [4.78, 5) is 34.6. The number of carbonyl (C=O) groups is 2. The molecule has 0 fully saturated rings. The fourth-order valence-corrected chi connectivity index (χ4v) is 3.50. The molecule has 1 heterocycles. The van der Waals surface area contributed by atoms with Crippen molar-refractivity contribution >= 4 is 34.3 Å². The zero-order valence-electron chi connectivity index (χ0n) is 20.4. The first kappa shape index (κ1) is 25.6. The van der Waals surface area contributed by atoms with E-state index in [-0.39, 0.29) is 24.5 Å². The number of ether oxygens (including phenoxy) is 2. The number of hydrogen-bond acceptors (Lipinski definition) is 8. The van der Waals surface area contributed by atoms with Gasteiger partial charge in [0, 0.05) is 30.1 Å². The van der Waals surface area contributed by atoms with E-state index in [0.29, 0.717) is 35.9 Å². The van der Waals surface area contributed by atoms with Crippen molar-refractivity contribution in [2.75, 3.05) is 44.5 Å². The fraction of sp³-hybridized carbons (Fsp3) is 0.308. The van der Waals surface area contributed by atoms with Gasteiger partial charge < -0.3 is 20.1 Å². The van der Waals surface area contributed by atoms with E-state index in [1.807, 2.05) is 30.3 Å². The van der Waals surface area contributed by atoms with Gasteiger partial charge in [-0.15, -0.1) is 0 Å². The summed E-state index contributed by atoms with van der Waals surface area (Å²) in [6, 6.07) is 13.6. The Morgan fingerprint density at radius 3 is 2.66 bits per heavy atom. The number of benzene rings is 2. The molecule has 3 aromatic rings. The molecule has 0 spiro atoms. The maximum absolute atomic E-state index is 12.6. The van der Waals surface area contributed by atoms with Gasteiger partial charge in [-0.2, -0.15) is 0 Å². The molecule has 0 aliphatic carbocycles. The monoisotopic (exact) mass is 477 g/mol. The van der Waals surface area contributed by atoms with Crippen LogP contribution in [0.15, 0.2) is 60.9 Å². The third-order valence-corrected chi connectivity index (χ3v) is 5.26. The van der Waals surface area contributed by atoms with Crippen molar-refractivity contribution in [1.29, 1.82) is 0 Å². The van der Waals surface area contributed by atoms with Crippen LogP contribution in [-0.2, 0) is 14.3 Å². The number of likely N-dealkylation sites (N-methyl/N-ethyl adjacent to an activating group) is 1. The van der Waals surface area contributed by atoms with Gasteiger partial charge in [-0.1, -0.05) is 36.4 Å². The van der Waals surface area contributed by atoms with Crippen LogP contribution >= 0.6 is 0 Å². The second kappa shape index (κ2) is 12.5. The zero-order chi connectivity index (χ0) is 25.2. The second-order valence-electron chi connectivity index (χ2n) is 7.96. The normalized spacial score (nSPS) is 12.0. The molecule has 0 saturated heterocycles. The smallest absolute Gasteiger partial charge is 0.320 e. The van der Waals surface area contributed by atoms with Crippen LogP contribution in [0.5, 0.6) is 5.75 Å². The van der Waals surface area contributed by atoms with Crippen LogP contribution in [0, 0.1) is 0 Å². The summed E-state index contributed by atoms with van der Waals surface area (Å²) < 4.78 is 10.4. The van der Waals surface area contributed by atoms with E-state index in [2.05, 4.69) is 27.5 Å². The lowest BCUT2D eigenvalue weighted by atomic mass is 10.1. The average molecular weight is 478 g/mol. The van der Waals surface area contributed by atoms with Crippen LogP contribution < -0.4 is 15.4 Å². The first-order chi connectivity index (χ1) is 16.9. The van der Waals surface area contributed by atoms with Crippen molar-refractivity contribution in [2.24, 2.45) is 0 Å². The topological polar surface area (TPSA) is 106 Å². The minimum Gasteiger partial charge on any atom is -0.494 e. The number of methoxy groups -OCH3 is 1. The van der Waals surface area contributed by atoms with Gasteiger partial charge in [0.05, 0.1) is 31.5 Å². The second-order valence-corrected chi connectivity index (χ2v) is 7.96. The van der Waals surface area contributed by atoms with Gasteiger partial charge >= 0.3 is 5.97 Å². The quantitative estimate of drug-likeness (QED) is 0.317. The Morgan fingerprint density at radius 1 is 1.17 bits per heavy atom. The molecule has 0 aliphatic heterocycles. The number of fused-ring (bicyclic) bond motifs is 1. The molecule has 184 valence electrons. The van der Waals surface area contributed by atoms with Gasteiger partial charge in [-0.05, 0) is 32.5 Å². The molecule has 9 nitrogen and oxygen atoms in total. The Kier molecular flexibility index (Phi) is 9.14. The van der Waals surface area contributed by atoms with Crippen molar-refractivity contribution < 1.29 is 19.1 Å². The van der Waals surface area contributed by atoms with E-state index in [0.717, 1.165) is 10.9 Å². The van der Waals surface area contributed by atoms with Crippen LogP contribution in [0.25, 0.3) is 10.9 Å². The summed E-state index contributed by atoms with van der Waals surface area (Å²) in [5.74, 6) is 0.512. The Hall–Kier alpha value is -3.98. The number of aromatic nitrogens is 2.